The lowest BCUT2D eigenvalue weighted by Crippen LogP contribution is -2.21. The van der Waals surface area contributed by atoms with Gasteiger partial charge in [-0.05, 0) is 23.3 Å². The Balaban J connectivity index is 1.94. The number of hydrogen-bond donors (Lipinski definition) is 1. The SMILES string of the molecule is CC(C)NCc1cccc(COc2cccc(F)c2)c1. The number of rotatable bonds is 6. The fourth-order valence-electron chi connectivity index (χ4n) is 1.87. The molecule has 2 rings (SSSR count). The smallest absolute Gasteiger partial charge is 0.126 e. The van der Waals surface area contributed by atoms with Crippen LogP contribution in [-0.4, -0.2) is 6.04 Å². The van der Waals surface area contributed by atoms with Gasteiger partial charge in [0.2, 0.25) is 0 Å². The molecule has 0 aliphatic carbocycles. The number of halogens is 1. The van der Waals surface area contributed by atoms with E-state index in [1.165, 1.54) is 17.7 Å². The molecule has 2 aromatic carbocycles. The fraction of sp³-hybridized carbons (Fsp3) is 0.294. The van der Waals surface area contributed by atoms with Crippen molar-refractivity contribution in [3.8, 4) is 5.75 Å². The summed E-state index contributed by atoms with van der Waals surface area (Å²) in [5, 5.41) is 3.38. The van der Waals surface area contributed by atoms with Crippen LogP contribution in [0.4, 0.5) is 4.39 Å². The molecular weight excluding hydrogens is 253 g/mol. The van der Waals surface area contributed by atoms with Gasteiger partial charge in [0, 0.05) is 18.7 Å². The molecule has 0 aliphatic rings. The summed E-state index contributed by atoms with van der Waals surface area (Å²) in [5.41, 5.74) is 2.30. The summed E-state index contributed by atoms with van der Waals surface area (Å²) < 4.78 is 18.6. The highest BCUT2D eigenvalue weighted by Crippen LogP contribution is 2.14. The van der Waals surface area contributed by atoms with E-state index >= 15 is 0 Å². The zero-order chi connectivity index (χ0) is 14.4. The highest BCUT2D eigenvalue weighted by atomic mass is 19.1. The third-order valence-electron chi connectivity index (χ3n) is 2.91. The highest BCUT2D eigenvalue weighted by Gasteiger charge is 2.00. The van der Waals surface area contributed by atoms with Crippen LogP contribution in [0.2, 0.25) is 0 Å². The maximum Gasteiger partial charge on any atom is 0.126 e. The first-order valence-corrected chi connectivity index (χ1v) is 6.83. The predicted octanol–water partition coefficient (Wildman–Crippen LogP) is 3.90. The Morgan fingerprint density at radius 2 is 1.80 bits per heavy atom. The van der Waals surface area contributed by atoms with Gasteiger partial charge in [0.25, 0.3) is 0 Å². The molecule has 106 valence electrons. The van der Waals surface area contributed by atoms with E-state index in [-0.39, 0.29) is 5.82 Å². The Hall–Kier alpha value is -1.87. The minimum Gasteiger partial charge on any atom is -0.489 e. The first-order chi connectivity index (χ1) is 9.63. The van der Waals surface area contributed by atoms with E-state index in [1.54, 1.807) is 12.1 Å². The van der Waals surface area contributed by atoms with Crippen LogP contribution in [0.5, 0.6) is 5.75 Å². The Kier molecular flexibility index (Phi) is 5.13. The number of benzene rings is 2. The van der Waals surface area contributed by atoms with Crippen LogP contribution in [0.3, 0.4) is 0 Å². The van der Waals surface area contributed by atoms with Crippen LogP contribution in [0, 0.1) is 5.82 Å². The van der Waals surface area contributed by atoms with Crippen molar-refractivity contribution in [3.63, 3.8) is 0 Å². The molecule has 0 unspecified atom stereocenters. The lowest BCUT2D eigenvalue weighted by molar-refractivity contribution is 0.304. The summed E-state index contributed by atoms with van der Waals surface area (Å²) in [5.74, 6) is 0.271. The Morgan fingerprint density at radius 3 is 2.55 bits per heavy atom. The summed E-state index contributed by atoms with van der Waals surface area (Å²) >= 11 is 0. The summed E-state index contributed by atoms with van der Waals surface area (Å²) in [4.78, 5) is 0. The van der Waals surface area contributed by atoms with Gasteiger partial charge in [0.15, 0.2) is 0 Å². The monoisotopic (exact) mass is 273 g/mol. The molecule has 0 bridgehead atoms. The zero-order valence-corrected chi connectivity index (χ0v) is 11.9. The molecule has 0 amide bonds. The van der Waals surface area contributed by atoms with Gasteiger partial charge in [-0.2, -0.15) is 0 Å². The van der Waals surface area contributed by atoms with Crippen molar-refractivity contribution in [3.05, 3.63) is 65.5 Å². The van der Waals surface area contributed by atoms with Crippen LogP contribution in [0.25, 0.3) is 0 Å². The van der Waals surface area contributed by atoms with E-state index < -0.39 is 0 Å². The van der Waals surface area contributed by atoms with Gasteiger partial charge < -0.3 is 10.1 Å². The molecule has 0 spiro atoms. The zero-order valence-electron chi connectivity index (χ0n) is 11.9. The van der Waals surface area contributed by atoms with E-state index in [9.17, 15) is 4.39 Å². The minimum atomic E-state index is -0.280. The van der Waals surface area contributed by atoms with Crippen molar-refractivity contribution in [2.45, 2.75) is 33.0 Å². The first-order valence-electron chi connectivity index (χ1n) is 6.83. The normalized spacial score (nSPS) is 10.8. The summed E-state index contributed by atoms with van der Waals surface area (Å²) in [6.45, 7) is 5.53. The summed E-state index contributed by atoms with van der Waals surface area (Å²) in [6, 6.07) is 14.9. The van der Waals surface area contributed by atoms with Gasteiger partial charge in [-0.25, -0.2) is 4.39 Å². The minimum absolute atomic E-state index is 0.280. The Bertz CT molecular complexity index is 554. The van der Waals surface area contributed by atoms with Crippen LogP contribution in [0.15, 0.2) is 48.5 Å². The van der Waals surface area contributed by atoms with Crippen LogP contribution < -0.4 is 10.1 Å². The second kappa shape index (κ2) is 7.06. The highest BCUT2D eigenvalue weighted by molar-refractivity contribution is 5.25. The van der Waals surface area contributed by atoms with Crippen molar-refractivity contribution in [2.24, 2.45) is 0 Å². The van der Waals surface area contributed by atoms with Crippen LogP contribution in [0.1, 0.15) is 25.0 Å². The molecule has 2 aromatic rings. The molecule has 20 heavy (non-hydrogen) atoms. The van der Waals surface area contributed by atoms with Crippen LogP contribution >= 0.6 is 0 Å². The van der Waals surface area contributed by atoms with E-state index in [4.69, 9.17) is 4.74 Å². The van der Waals surface area contributed by atoms with Gasteiger partial charge in [-0.1, -0.05) is 44.2 Å². The molecule has 0 saturated carbocycles. The predicted molar refractivity (Wildman–Crippen MR) is 79.1 cm³/mol. The van der Waals surface area contributed by atoms with E-state index in [1.807, 2.05) is 12.1 Å². The molecule has 0 fully saturated rings. The van der Waals surface area contributed by atoms with Gasteiger partial charge in [0.1, 0.15) is 18.2 Å². The van der Waals surface area contributed by atoms with Crippen molar-refractivity contribution >= 4 is 0 Å². The molecule has 0 aromatic heterocycles. The molecule has 0 heterocycles. The first kappa shape index (κ1) is 14.5. The van der Waals surface area contributed by atoms with E-state index in [2.05, 4.69) is 31.3 Å². The van der Waals surface area contributed by atoms with E-state index in [0.717, 1.165) is 12.1 Å². The van der Waals surface area contributed by atoms with Crippen molar-refractivity contribution in [2.75, 3.05) is 0 Å². The van der Waals surface area contributed by atoms with Crippen molar-refractivity contribution in [1.82, 2.24) is 5.32 Å². The molecule has 0 saturated heterocycles. The molecule has 0 atom stereocenters. The largest absolute Gasteiger partial charge is 0.489 e. The lowest BCUT2D eigenvalue weighted by Gasteiger charge is -2.10. The topological polar surface area (TPSA) is 21.3 Å². The molecule has 0 radical (unpaired) electrons. The lowest BCUT2D eigenvalue weighted by atomic mass is 10.1. The molecule has 2 nitrogen and oxygen atoms in total. The van der Waals surface area contributed by atoms with Gasteiger partial charge >= 0.3 is 0 Å². The van der Waals surface area contributed by atoms with Gasteiger partial charge in [0.05, 0.1) is 0 Å². The number of hydrogen-bond acceptors (Lipinski definition) is 2. The maximum atomic E-state index is 13.0. The third-order valence-corrected chi connectivity index (χ3v) is 2.91. The van der Waals surface area contributed by atoms with Gasteiger partial charge in [-0.15, -0.1) is 0 Å². The van der Waals surface area contributed by atoms with Crippen molar-refractivity contribution < 1.29 is 9.13 Å². The second-order valence-electron chi connectivity index (χ2n) is 5.10. The standard InChI is InChI=1S/C17H20FNO/c1-13(2)19-11-14-5-3-6-15(9-14)12-20-17-8-4-7-16(18)10-17/h3-10,13,19H,11-12H2,1-2H3. The Labute approximate surface area is 119 Å². The number of nitrogens with one attached hydrogen (secondary N) is 1. The van der Waals surface area contributed by atoms with Gasteiger partial charge in [-0.3, -0.25) is 0 Å². The Morgan fingerprint density at radius 1 is 1.05 bits per heavy atom. The molecular formula is C17H20FNO. The van der Waals surface area contributed by atoms with Crippen molar-refractivity contribution in [1.29, 1.82) is 0 Å². The summed E-state index contributed by atoms with van der Waals surface area (Å²) in [6.07, 6.45) is 0. The molecule has 1 N–H and O–H groups in total. The molecule has 3 heteroatoms. The quantitative estimate of drug-likeness (QED) is 0.861. The summed E-state index contributed by atoms with van der Waals surface area (Å²) in [7, 11) is 0. The fourth-order valence-corrected chi connectivity index (χ4v) is 1.87. The average molecular weight is 273 g/mol. The van der Waals surface area contributed by atoms with E-state index in [0.29, 0.717) is 18.4 Å². The van der Waals surface area contributed by atoms with Crippen LogP contribution in [-0.2, 0) is 13.2 Å². The maximum absolute atomic E-state index is 13.0. The second-order valence-corrected chi connectivity index (χ2v) is 5.10. The average Bonchev–Trinajstić information content (AvgIpc) is 2.43. The molecule has 0 aliphatic heterocycles. The third kappa shape index (κ3) is 4.67. The number of ether oxygens (including phenoxy) is 1.